The smallest absolute Gasteiger partial charge is 0.341 e. The Hall–Kier alpha value is -2.87. The van der Waals surface area contributed by atoms with Gasteiger partial charge in [0.1, 0.15) is 0 Å². The molecule has 0 bridgehead atoms. The second-order valence-electron chi connectivity index (χ2n) is 7.59. The van der Waals surface area contributed by atoms with Crippen molar-refractivity contribution in [2.45, 2.75) is 58.6 Å². The summed E-state index contributed by atoms with van der Waals surface area (Å²) in [6.45, 7) is 10.4. The average Bonchev–Trinajstić information content (AvgIpc) is 2.59. The zero-order valence-electron chi connectivity index (χ0n) is 18.1. The summed E-state index contributed by atoms with van der Waals surface area (Å²) in [5.74, 6) is -1.22. The number of hydrogen-bond donors (Lipinski definition) is 2. The molecule has 1 atom stereocenters. The van der Waals surface area contributed by atoms with Crippen molar-refractivity contribution in [3.63, 3.8) is 0 Å². The molecule has 0 aliphatic rings. The van der Waals surface area contributed by atoms with Gasteiger partial charge in [-0.15, -0.1) is 0 Å². The molecule has 0 saturated heterocycles. The number of carbonyl (C=O) groups is 2. The topological polar surface area (TPSA) is 102 Å². The summed E-state index contributed by atoms with van der Waals surface area (Å²) in [6, 6.07) is 9.61. The first-order chi connectivity index (χ1) is 13.9. The molecule has 30 heavy (non-hydrogen) atoms. The van der Waals surface area contributed by atoms with Crippen LogP contribution in [0.3, 0.4) is 0 Å². The molecule has 0 spiro atoms. The Bertz CT molecular complexity index is 1040. The van der Waals surface area contributed by atoms with Gasteiger partial charge in [0.2, 0.25) is 0 Å². The molecule has 2 aromatic rings. The molecule has 7 nitrogen and oxygen atoms in total. The standard InChI is InChI=1S/C22H28N2O5S/c1-13(2)23-21(25)17(6)29-22(26)18-9-7-8-10-19(18)24-30(27,28)20-15(4)11-14(3)12-16(20)5/h7-13,17,24H,1-6H3,(H,23,25). The molecule has 162 valence electrons. The highest BCUT2D eigenvalue weighted by atomic mass is 32.2. The van der Waals surface area contributed by atoms with Crippen LogP contribution in [0.15, 0.2) is 41.3 Å². The third kappa shape index (κ3) is 5.60. The van der Waals surface area contributed by atoms with Gasteiger partial charge < -0.3 is 10.1 Å². The van der Waals surface area contributed by atoms with E-state index in [2.05, 4.69) is 10.0 Å². The van der Waals surface area contributed by atoms with Gasteiger partial charge in [0.05, 0.1) is 16.1 Å². The van der Waals surface area contributed by atoms with E-state index in [1.165, 1.54) is 19.1 Å². The zero-order chi connectivity index (χ0) is 22.6. The van der Waals surface area contributed by atoms with Gasteiger partial charge in [-0.05, 0) is 64.8 Å². The van der Waals surface area contributed by atoms with Crippen LogP contribution in [0.25, 0.3) is 0 Å². The van der Waals surface area contributed by atoms with Crippen LogP contribution in [0, 0.1) is 20.8 Å². The van der Waals surface area contributed by atoms with E-state index in [-0.39, 0.29) is 22.2 Å². The lowest BCUT2D eigenvalue weighted by molar-refractivity contribution is -0.129. The maximum atomic E-state index is 13.1. The molecule has 1 amide bonds. The number of para-hydroxylation sites is 1. The fourth-order valence-electron chi connectivity index (χ4n) is 3.22. The lowest BCUT2D eigenvalue weighted by Crippen LogP contribution is -2.39. The lowest BCUT2D eigenvalue weighted by atomic mass is 10.1. The highest BCUT2D eigenvalue weighted by molar-refractivity contribution is 7.92. The van der Waals surface area contributed by atoms with E-state index in [9.17, 15) is 18.0 Å². The van der Waals surface area contributed by atoms with Gasteiger partial charge >= 0.3 is 5.97 Å². The van der Waals surface area contributed by atoms with Crippen molar-refractivity contribution in [2.24, 2.45) is 0 Å². The first-order valence-corrected chi connectivity index (χ1v) is 11.1. The summed E-state index contributed by atoms with van der Waals surface area (Å²) in [7, 11) is -3.95. The van der Waals surface area contributed by atoms with Gasteiger partial charge in [0, 0.05) is 6.04 Å². The second kappa shape index (κ2) is 9.30. The number of anilines is 1. The molecule has 0 heterocycles. The Morgan fingerprint density at radius 1 is 0.967 bits per heavy atom. The zero-order valence-corrected chi connectivity index (χ0v) is 18.9. The maximum Gasteiger partial charge on any atom is 0.341 e. The van der Waals surface area contributed by atoms with Gasteiger partial charge in [-0.2, -0.15) is 0 Å². The lowest BCUT2D eigenvalue weighted by Gasteiger charge is -2.18. The van der Waals surface area contributed by atoms with Crippen molar-refractivity contribution >= 4 is 27.6 Å². The van der Waals surface area contributed by atoms with Crippen molar-refractivity contribution < 1.29 is 22.7 Å². The number of nitrogens with one attached hydrogen (secondary N) is 2. The summed E-state index contributed by atoms with van der Waals surface area (Å²) >= 11 is 0. The van der Waals surface area contributed by atoms with Crippen LogP contribution in [0.1, 0.15) is 47.8 Å². The van der Waals surface area contributed by atoms with Gasteiger partial charge in [-0.3, -0.25) is 9.52 Å². The minimum absolute atomic E-state index is 0.0210. The SMILES string of the molecule is Cc1cc(C)c(S(=O)(=O)Nc2ccccc2C(=O)OC(C)C(=O)NC(C)C)c(C)c1. The molecule has 0 aliphatic heterocycles. The molecule has 0 saturated carbocycles. The van der Waals surface area contributed by atoms with E-state index < -0.39 is 28.0 Å². The third-order valence-corrected chi connectivity index (χ3v) is 6.02. The van der Waals surface area contributed by atoms with Crippen LogP contribution in [0.2, 0.25) is 0 Å². The molecule has 0 fully saturated rings. The van der Waals surface area contributed by atoms with Crippen LogP contribution >= 0.6 is 0 Å². The summed E-state index contributed by atoms with van der Waals surface area (Å²) in [5.41, 5.74) is 2.28. The summed E-state index contributed by atoms with van der Waals surface area (Å²) in [5, 5.41) is 2.66. The first kappa shape index (κ1) is 23.4. The number of sulfonamides is 1. The van der Waals surface area contributed by atoms with Crippen molar-refractivity contribution in [1.82, 2.24) is 5.32 Å². The molecule has 2 rings (SSSR count). The van der Waals surface area contributed by atoms with Crippen LogP contribution < -0.4 is 10.0 Å². The van der Waals surface area contributed by atoms with E-state index in [0.29, 0.717) is 11.1 Å². The number of benzene rings is 2. The normalized spacial score (nSPS) is 12.4. The Balaban J connectivity index is 2.31. The molecule has 0 aliphatic carbocycles. The van der Waals surface area contributed by atoms with Crippen molar-refractivity contribution in [1.29, 1.82) is 0 Å². The second-order valence-corrected chi connectivity index (χ2v) is 9.21. The van der Waals surface area contributed by atoms with E-state index in [1.807, 2.05) is 6.92 Å². The van der Waals surface area contributed by atoms with Crippen LogP contribution in [-0.2, 0) is 19.6 Å². The molecular formula is C22H28N2O5S. The number of carbonyl (C=O) groups excluding carboxylic acids is 2. The number of amides is 1. The third-order valence-electron chi connectivity index (χ3n) is 4.35. The van der Waals surface area contributed by atoms with Gasteiger partial charge in [0.25, 0.3) is 15.9 Å². The van der Waals surface area contributed by atoms with E-state index >= 15 is 0 Å². The fourth-order valence-corrected chi connectivity index (χ4v) is 4.75. The van der Waals surface area contributed by atoms with E-state index in [4.69, 9.17) is 4.74 Å². The highest BCUT2D eigenvalue weighted by Crippen LogP contribution is 2.26. The van der Waals surface area contributed by atoms with E-state index in [1.54, 1.807) is 52.0 Å². The van der Waals surface area contributed by atoms with Crippen LogP contribution in [-0.4, -0.2) is 32.4 Å². The molecule has 0 aromatic heterocycles. The summed E-state index contributed by atoms with van der Waals surface area (Å²) in [6.07, 6.45) is -1.02. The molecule has 8 heteroatoms. The Labute approximate surface area is 177 Å². The predicted octanol–water partition coefficient (Wildman–Crippen LogP) is 3.48. The quantitative estimate of drug-likeness (QED) is 0.652. The molecule has 0 radical (unpaired) electrons. The van der Waals surface area contributed by atoms with Crippen molar-refractivity contribution in [2.75, 3.05) is 4.72 Å². The average molecular weight is 433 g/mol. The first-order valence-electron chi connectivity index (χ1n) is 9.63. The summed E-state index contributed by atoms with van der Waals surface area (Å²) in [4.78, 5) is 24.8. The fraction of sp³-hybridized carbons (Fsp3) is 0.364. The molecular weight excluding hydrogens is 404 g/mol. The molecule has 2 aromatic carbocycles. The number of rotatable bonds is 7. The van der Waals surface area contributed by atoms with Crippen LogP contribution in [0.5, 0.6) is 0 Å². The number of hydrogen-bond acceptors (Lipinski definition) is 5. The van der Waals surface area contributed by atoms with Crippen LogP contribution in [0.4, 0.5) is 5.69 Å². The highest BCUT2D eigenvalue weighted by Gasteiger charge is 2.25. The maximum absolute atomic E-state index is 13.1. The number of esters is 1. The van der Waals surface area contributed by atoms with Gasteiger partial charge in [-0.1, -0.05) is 29.8 Å². The monoisotopic (exact) mass is 432 g/mol. The van der Waals surface area contributed by atoms with Gasteiger partial charge in [-0.25, -0.2) is 13.2 Å². The number of ether oxygens (including phenoxy) is 1. The van der Waals surface area contributed by atoms with Crippen molar-refractivity contribution in [3.05, 3.63) is 58.7 Å². The Morgan fingerprint density at radius 2 is 1.53 bits per heavy atom. The minimum Gasteiger partial charge on any atom is -0.449 e. The van der Waals surface area contributed by atoms with E-state index in [0.717, 1.165) is 5.56 Å². The predicted molar refractivity (Wildman–Crippen MR) is 116 cm³/mol. The Kier molecular flexibility index (Phi) is 7.25. The Morgan fingerprint density at radius 3 is 2.10 bits per heavy atom. The minimum atomic E-state index is -3.95. The molecule has 2 N–H and O–H groups in total. The summed E-state index contributed by atoms with van der Waals surface area (Å²) < 4.78 is 33.8. The number of aryl methyl sites for hydroxylation is 3. The largest absolute Gasteiger partial charge is 0.449 e. The van der Waals surface area contributed by atoms with Crippen molar-refractivity contribution in [3.8, 4) is 0 Å². The molecule has 1 unspecified atom stereocenters. The van der Waals surface area contributed by atoms with Gasteiger partial charge in [0.15, 0.2) is 6.10 Å².